The summed E-state index contributed by atoms with van der Waals surface area (Å²) in [7, 11) is 1.78. The smallest absolute Gasteiger partial charge is 0.234 e. The minimum Gasteiger partial charge on any atom is -0.353 e. The van der Waals surface area contributed by atoms with Gasteiger partial charge in [-0.1, -0.05) is 44.2 Å². The SMILES string of the molecule is CCC(CC)(CNC(=O)CNC)NC(C)c1ccccc1.Cl. The molecule has 1 aromatic carbocycles. The molecule has 0 saturated carbocycles. The predicted molar refractivity (Wildman–Crippen MR) is 95.5 cm³/mol. The van der Waals surface area contributed by atoms with E-state index in [2.05, 4.69) is 61.0 Å². The lowest BCUT2D eigenvalue weighted by atomic mass is 9.90. The number of nitrogens with one attached hydrogen (secondary N) is 3. The number of rotatable bonds is 9. The zero-order valence-corrected chi connectivity index (χ0v) is 14.9. The van der Waals surface area contributed by atoms with Crippen molar-refractivity contribution >= 4 is 18.3 Å². The van der Waals surface area contributed by atoms with Gasteiger partial charge in [0.2, 0.25) is 5.91 Å². The molecule has 1 aromatic rings. The highest BCUT2D eigenvalue weighted by atomic mass is 35.5. The maximum Gasteiger partial charge on any atom is 0.234 e. The van der Waals surface area contributed by atoms with Crippen LogP contribution in [0.4, 0.5) is 0 Å². The van der Waals surface area contributed by atoms with Gasteiger partial charge in [-0.05, 0) is 32.4 Å². The van der Waals surface area contributed by atoms with E-state index in [1.807, 2.05) is 6.07 Å². The van der Waals surface area contributed by atoms with Crippen LogP contribution in [-0.2, 0) is 4.79 Å². The minimum atomic E-state index is -0.0708. The summed E-state index contributed by atoms with van der Waals surface area (Å²) in [6.45, 7) is 7.51. The lowest BCUT2D eigenvalue weighted by Gasteiger charge is -2.36. The van der Waals surface area contributed by atoms with E-state index < -0.39 is 0 Å². The van der Waals surface area contributed by atoms with E-state index in [9.17, 15) is 4.79 Å². The van der Waals surface area contributed by atoms with Crippen molar-refractivity contribution in [1.29, 1.82) is 0 Å². The van der Waals surface area contributed by atoms with Crippen LogP contribution in [0.15, 0.2) is 30.3 Å². The number of carbonyl (C=O) groups excluding carboxylic acids is 1. The van der Waals surface area contributed by atoms with Crippen molar-refractivity contribution in [2.75, 3.05) is 20.1 Å². The second-order valence-corrected chi connectivity index (χ2v) is 5.57. The number of halogens is 1. The third kappa shape index (κ3) is 6.34. The highest BCUT2D eigenvalue weighted by Gasteiger charge is 2.28. The fraction of sp³-hybridized carbons (Fsp3) is 0.588. The van der Waals surface area contributed by atoms with Crippen molar-refractivity contribution in [1.82, 2.24) is 16.0 Å². The van der Waals surface area contributed by atoms with E-state index in [4.69, 9.17) is 0 Å². The molecule has 0 aromatic heterocycles. The quantitative estimate of drug-likeness (QED) is 0.653. The Hall–Kier alpha value is -1.10. The largest absolute Gasteiger partial charge is 0.353 e. The number of hydrogen-bond acceptors (Lipinski definition) is 3. The minimum absolute atomic E-state index is 0. The third-order valence-electron chi connectivity index (χ3n) is 4.14. The Morgan fingerprint density at radius 2 is 1.77 bits per heavy atom. The van der Waals surface area contributed by atoms with Crippen molar-refractivity contribution in [2.45, 2.75) is 45.2 Å². The van der Waals surface area contributed by atoms with E-state index in [1.54, 1.807) is 7.05 Å². The fourth-order valence-corrected chi connectivity index (χ4v) is 2.53. The number of likely N-dealkylation sites (N-methyl/N-ethyl adjacent to an activating group) is 1. The molecule has 0 aliphatic heterocycles. The average molecular weight is 328 g/mol. The summed E-state index contributed by atoms with van der Waals surface area (Å²) in [5.74, 6) is 0.0398. The third-order valence-corrected chi connectivity index (χ3v) is 4.14. The first kappa shape index (κ1) is 20.9. The number of benzene rings is 1. The molecule has 0 bridgehead atoms. The van der Waals surface area contributed by atoms with Crippen LogP contribution in [0.1, 0.15) is 45.2 Å². The van der Waals surface area contributed by atoms with Gasteiger partial charge in [-0.15, -0.1) is 12.4 Å². The lowest BCUT2D eigenvalue weighted by Crippen LogP contribution is -2.54. The van der Waals surface area contributed by atoms with E-state index in [0.717, 1.165) is 12.8 Å². The Kier molecular flexibility index (Phi) is 10.1. The van der Waals surface area contributed by atoms with Crippen LogP contribution in [0.25, 0.3) is 0 Å². The van der Waals surface area contributed by atoms with Crippen LogP contribution < -0.4 is 16.0 Å². The monoisotopic (exact) mass is 327 g/mol. The molecular weight excluding hydrogens is 298 g/mol. The number of carbonyl (C=O) groups is 1. The van der Waals surface area contributed by atoms with Crippen molar-refractivity contribution in [2.24, 2.45) is 0 Å². The van der Waals surface area contributed by atoms with Crippen LogP contribution >= 0.6 is 12.4 Å². The van der Waals surface area contributed by atoms with Gasteiger partial charge in [-0.3, -0.25) is 4.79 Å². The molecule has 0 radical (unpaired) electrons. The zero-order valence-electron chi connectivity index (χ0n) is 14.1. The molecule has 3 N–H and O–H groups in total. The van der Waals surface area contributed by atoms with Gasteiger partial charge in [0, 0.05) is 18.1 Å². The van der Waals surface area contributed by atoms with Gasteiger partial charge in [-0.25, -0.2) is 0 Å². The van der Waals surface area contributed by atoms with E-state index in [0.29, 0.717) is 13.1 Å². The first-order valence-electron chi connectivity index (χ1n) is 7.81. The molecule has 1 amide bonds. The Bertz CT molecular complexity index is 421. The summed E-state index contributed by atoms with van der Waals surface area (Å²) < 4.78 is 0. The van der Waals surface area contributed by atoms with E-state index in [1.165, 1.54) is 5.56 Å². The molecule has 0 saturated heterocycles. The molecule has 1 atom stereocenters. The zero-order chi connectivity index (χ0) is 15.7. The topological polar surface area (TPSA) is 53.2 Å². The van der Waals surface area contributed by atoms with Gasteiger partial charge < -0.3 is 16.0 Å². The molecular formula is C17H30ClN3O. The molecule has 22 heavy (non-hydrogen) atoms. The van der Waals surface area contributed by atoms with Gasteiger partial charge in [0.05, 0.1) is 6.54 Å². The second kappa shape index (κ2) is 10.6. The second-order valence-electron chi connectivity index (χ2n) is 5.57. The fourth-order valence-electron chi connectivity index (χ4n) is 2.53. The molecule has 0 heterocycles. The molecule has 0 fully saturated rings. The molecule has 126 valence electrons. The first-order valence-corrected chi connectivity index (χ1v) is 7.81. The van der Waals surface area contributed by atoms with E-state index >= 15 is 0 Å². The molecule has 1 rings (SSSR count). The van der Waals surface area contributed by atoms with Gasteiger partial charge in [0.25, 0.3) is 0 Å². The van der Waals surface area contributed by atoms with Gasteiger partial charge in [0.15, 0.2) is 0 Å². The maximum atomic E-state index is 11.7. The van der Waals surface area contributed by atoms with Crippen LogP contribution in [0.2, 0.25) is 0 Å². The summed E-state index contributed by atoms with van der Waals surface area (Å²) >= 11 is 0. The van der Waals surface area contributed by atoms with Crippen molar-refractivity contribution in [3.8, 4) is 0 Å². The summed E-state index contributed by atoms with van der Waals surface area (Å²) in [5, 5.41) is 9.60. The Labute approximate surface area is 140 Å². The molecule has 4 nitrogen and oxygen atoms in total. The Morgan fingerprint density at radius 1 is 1.18 bits per heavy atom. The van der Waals surface area contributed by atoms with E-state index in [-0.39, 0.29) is 29.9 Å². The number of hydrogen-bond donors (Lipinski definition) is 3. The summed E-state index contributed by atoms with van der Waals surface area (Å²) in [5.41, 5.74) is 1.20. The molecule has 5 heteroatoms. The van der Waals surface area contributed by atoms with Crippen molar-refractivity contribution in [3.05, 3.63) is 35.9 Å². The molecule has 0 aliphatic carbocycles. The van der Waals surface area contributed by atoms with Gasteiger partial charge in [0.1, 0.15) is 0 Å². The van der Waals surface area contributed by atoms with Crippen LogP contribution in [0.3, 0.4) is 0 Å². The van der Waals surface area contributed by atoms with Crippen LogP contribution in [-0.4, -0.2) is 31.6 Å². The van der Waals surface area contributed by atoms with Gasteiger partial charge >= 0.3 is 0 Å². The van der Waals surface area contributed by atoms with Crippen molar-refractivity contribution in [3.63, 3.8) is 0 Å². The normalized spacial score (nSPS) is 12.4. The molecule has 1 unspecified atom stereocenters. The van der Waals surface area contributed by atoms with Crippen molar-refractivity contribution < 1.29 is 4.79 Å². The van der Waals surface area contributed by atoms with Crippen LogP contribution in [0.5, 0.6) is 0 Å². The maximum absolute atomic E-state index is 11.7. The molecule has 0 spiro atoms. The summed E-state index contributed by atoms with van der Waals surface area (Å²) in [6, 6.07) is 10.7. The number of amides is 1. The first-order chi connectivity index (χ1) is 10.1. The summed E-state index contributed by atoms with van der Waals surface area (Å²) in [4.78, 5) is 11.7. The Balaban J connectivity index is 0.00000441. The lowest BCUT2D eigenvalue weighted by molar-refractivity contribution is -0.120. The Morgan fingerprint density at radius 3 is 2.27 bits per heavy atom. The highest BCUT2D eigenvalue weighted by Crippen LogP contribution is 2.21. The van der Waals surface area contributed by atoms with Crippen LogP contribution in [0, 0.1) is 0 Å². The highest BCUT2D eigenvalue weighted by molar-refractivity contribution is 5.85. The average Bonchev–Trinajstić information content (AvgIpc) is 2.52. The predicted octanol–water partition coefficient (Wildman–Crippen LogP) is 2.65. The summed E-state index contributed by atoms with van der Waals surface area (Å²) in [6.07, 6.45) is 1.95. The standard InChI is InChI=1S/C17H29N3O.ClH/c1-5-17(6-2,13-19-16(21)12-18-4)20-14(3)15-10-8-7-9-11-15;/h7-11,14,18,20H,5-6,12-13H2,1-4H3,(H,19,21);1H. The molecule has 0 aliphatic rings. The van der Waals surface area contributed by atoms with Gasteiger partial charge in [-0.2, -0.15) is 0 Å².